The van der Waals surface area contributed by atoms with Crippen LogP contribution in [0.4, 0.5) is 0 Å². The first-order valence-corrected chi connectivity index (χ1v) is 4.11. The van der Waals surface area contributed by atoms with E-state index in [1.54, 1.807) is 0 Å². The molecule has 0 aliphatic heterocycles. The van der Waals surface area contributed by atoms with Crippen LogP contribution in [-0.4, -0.2) is 6.29 Å². The molecule has 0 aromatic rings. The topological polar surface area (TPSA) is 17.1 Å². The Balaban J connectivity index is 2.60. The van der Waals surface area contributed by atoms with Gasteiger partial charge in [-0.3, -0.25) is 0 Å². The van der Waals surface area contributed by atoms with Crippen LogP contribution < -0.4 is 0 Å². The molecule has 0 spiro atoms. The van der Waals surface area contributed by atoms with E-state index in [4.69, 9.17) is 0 Å². The first-order chi connectivity index (χ1) is 5.38. The van der Waals surface area contributed by atoms with E-state index < -0.39 is 0 Å². The van der Waals surface area contributed by atoms with Gasteiger partial charge in [0.05, 0.1) is 0 Å². The number of rotatable bonds is 2. The summed E-state index contributed by atoms with van der Waals surface area (Å²) in [5, 5.41) is 0. The van der Waals surface area contributed by atoms with Gasteiger partial charge in [-0.1, -0.05) is 24.3 Å². The van der Waals surface area contributed by atoms with Crippen molar-refractivity contribution in [3.05, 3.63) is 24.3 Å². The zero-order chi connectivity index (χ0) is 8.10. The highest BCUT2D eigenvalue weighted by Gasteiger charge is 2.18. The summed E-state index contributed by atoms with van der Waals surface area (Å²) in [5.74, 6) is 0.665. The molecule has 0 amide bonds. The highest BCUT2D eigenvalue weighted by atomic mass is 16.1. The average Bonchev–Trinajstić information content (AvgIpc) is 2.06. The monoisotopic (exact) mass is 150 g/mol. The largest absolute Gasteiger partial charge is 0.303 e. The number of hydrogen-bond donors (Lipinski definition) is 0. The van der Waals surface area contributed by atoms with Crippen LogP contribution in [0, 0.1) is 11.8 Å². The predicted molar refractivity (Wildman–Crippen MR) is 46.2 cm³/mol. The van der Waals surface area contributed by atoms with E-state index in [9.17, 15) is 4.79 Å². The summed E-state index contributed by atoms with van der Waals surface area (Å²) >= 11 is 0. The van der Waals surface area contributed by atoms with Gasteiger partial charge in [-0.05, 0) is 25.7 Å². The molecular weight excluding hydrogens is 136 g/mol. The zero-order valence-electron chi connectivity index (χ0n) is 6.86. The molecule has 0 aromatic carbocycles. The maximum atomic E-state index is 10.6. The van der Waals surface area contributed by atoms with Gasteiger partial charge < -0.3 is 4.79 Å². The van der Waals surface area contributed by atoms with Crippen LogP contribution >= 0.6 is 0 Å². The summed E-state index contributed by atoms with van der Waals surface area (Å²) in [4.78, 5) is 10.6. The Morgan fingerprint density at radius 3 is 2.45 bits per heavy atom. The molecule has 60 valence electrons. The molecule has 0 heterocycles. The number of carbonyl (C=O) groups is 1. The number of allylic oxidation sites excluding steroid dienone is 4. The van der Waals surface area contributed by atoms with E-state index in [-0.39, 0.29) is 5.92 Å². The van der Waals surface area contributed by atoms with Crippen LogP contribution in [0.5, 0.6) is 0 Å². The van der Waals surface area contributed by atoms with Crippen molar-refractivity contribution in [2.45, 2.75) is 19.8 Å². The van der Waals surface area contributed by atoms with Gasteiger partial charge in [0.25, 0.3) is 0 Å². The normalized spacial score (nSPS) is 31.0. The molecule has 0 N–H and O–H groups in total. The smallest absolute Gasteiger partial charge is 0.123 e. The minimum Gasteiger partial charge on any atom is -0.303 e. The molecule has 2 atom stereocenters. The van der Waals surface area contributed by atoms with Crippen LogP contribution in [-0.2, 0) is 4.79 Å². The van der Waals surface area contributed by atoms with Crippen molar-refractivity contribution < 1.29 is 4.79 Å². The summed E-state index contributed by atoms with van der Waals surface area (Å²) in [7, 11) is 0. The van der Waals surface area contributed by atoms with Crippen LogP contribution in [0.15, 0.2) is 24.3 Å². The molecule has 1 rings (SSSR count). The Morgan fingerprint density at radius 1 is 1.27 bits per heavy atom. The highest BCUT2D eigenvalue weighted by Crippen LogP contribution is 2.24. The molecule has 1 aliphatic carbocycles. The summed E-state index contributed by atoms with van der Waals surface area (Å²) in [6.45, 7) is 2.00. The Kier molecular flexibility index (Phi) is 3.09. The van der Waals surface area contributed by atoms with Gasteiger partial charge in [-0.25, -0.2) is 0 Å². The second-order valence-corrected chi connectivity index (χ2v) is 2.93. The molecule has 11 heavy (non-hydrogen) atoms. The maximum absolute atomic E-state index is 10.6. The standard InChI is InChI=1S/C10H14O/c1-2-5-9-6-3-4-7-10(9)8-11/h2-5,8-10H,6-7H2,1H3/b5-2+/t9-,10-/m0/s1. The Bertz CT molecular complexity index is 179. The fraction of sp³-hybridized carbons (Fsp3) is 0.500. The SMILES string of the molecule is C/C=C/[C@H]1CC=CC[C@H]1C=O. The van der Waals surface area contributed by atoms with E-state index in [1.165, 1.54) is 0 Å². The first kappa shape index (κ1) is 8.25. The quantitative estimate of drug-likeness (QED) is 0.436. The fourth-order valence-corrected chi connectivity index (χ4v) is 1.48. The Labute approximate surface area is 67.8 Å². The lowest BCUT2D eigenvalue weighted by Crippen LogP contribution is -2.15. The predicted octanol–water partition coefficient (Wildman–Crippen LogP) is 2.34. The number of hydrogen-bond acceptors (Lipinski definition) is 1. The minimum atomic E-state index is 0.219. The first-order valence-electron chi connectivity index (χ1n) is 4.11. The Hall–Kier alpha value is -0.850. The average molecular weight is 150 g/mol. The van der Waals surface area contributed by atoms with Gasteiger partial charge in [0.15, 0.2) is 0 Å². The van der Waals surface area contributed by atoms with E-state index in [1.807, 2.05) is 13.0 Å². The van der Waals surface area contributed by atoms with Crippen molar-refractivity contribution in [2.75, 3.05) is 0 Å². The molecule has 0 fully saturated rings. The molecule has 1 aliphatic rings. The van der Waals surface area contributed by atoms with Crippen molar-refractivity contribution in [1.29, 1.82) is 0 Å². The van der Waals surface area contributed by atoms with Gasteiger partial charge >= 0.3 is 0 Å². The third-order valence-corrected chi connectivity index (χ3v) is 2.15. The van der Waals surface area contributed by atoms with Gasteiger partial charge in [0.1, 0.15) is 6.29 Å². The second-order valence-electron chi connectivity index (χ2n) is 2.93. The zero-order valence-corrected chi connectivity index (χ0v) is 6.86. The van der Waals surface area contributed by atoms with E-state index in [0.717, 1.165) is 19.1 Å². The Morgan fingerprint density at radius 2 is 1.91 bits per heavy atom. The van der Waals surface area contributed by atoms with Crippen LogP contribution in [0.2, 0.25) is 0 Å². The number of carbonyl (C=O) groups excluding carboxylic acids is 1. The second kappa shape index (κ2) is 4.12. The molecule has 0 unspecified atom stereocenters. The van der Waals surface area contributed by atoms with Gasteiger partial charge in [-0.15, -0.1) is 0 Å². The summed E-state index contributed by atoms with van der Waals surface area (Å²) in [6.07, 6.45) is 11.4. The summed E-state index contributed by atoms with van der Waals surface area (Å²) in [5.41, 5.74) is 0. The number of aldehydes is 1. The van der Waals surface area contributed by atoms with Crippen molar-refractivity contribution in [3.8, 4) is 0 Å². The van der Waals surface area contributed by atoms with E-state index >= 15 is 0 Å². The summed E-state index contributed by atoms with van der Waals surface area (Å²) < 4.78 is 0. The van der Waals surface area contributed by atoms with Crippen LogP contribution in [0.1, 0.15) is 19.8 Å². The fourth-order valence-electron chi connectivity index (χ4n) is 1.48. The molecule has 1 nitrogen and oxygen atoms in total. The lowest BCUT2D eigenvalue weighted by atomic mass is 9.84. The molecule has 0 saturated carbocycles. The minimum absolute atomic E-state index is 0.219. The molecule has 0 aromatic heterocycles. The molecule has 0 saturated heterocycles. The highest BCUT2D eigenvalue weighted by molar-refractivity contribution is 5.55. The molecular formula is C10H14O. The van der Waals surface area contributed by atoms with E-state index in [0.29, 0.717) is 5.92 Å². The van der Waals surface area contributed by atoms with Crippen LogP contribution in [0.25, 0.3) is 0 Å². The molecule has 1 heteroatoms. The third kappa shape index (κ3) is 2.04. The van der Waals surface area contributed by atoms with Crippen molar-refractivity contribution in [3.63, 3.8) is 0 Å². The maximum Gasteiger partial charge on any atom is 0.123 e. The van der Waals surface area contributed by atoms with Crippen molar-refractivity contribution >= 4 is 6.29 Å². The summed E-state index contributed by atoms with van der Waals surface area (Å²) in [6, 6.07) is 0. The van der Waals surface area contributed by atoms with Crippen molar-refractivity contribution in [1.82, 2.24) is 0 Å². The molecule has 0 bridgehead atoms. The van der Waals surface area contributed by atoms with Crippen LogP contribution in [0.3, 0.4) is 0 Å². The third-order valence-electron chi connectivity index (χ3n) is 2.15. The lowest BCUT2D eigenvalue weighted by Gasteiger charge is -2.20. The van der Waals surface area contributed by atoms with Gasteiger partial charge in [-0.2, -0.15) is 0 Å². The van der Waals surface area contributed by atoms with E-state index in [2.05, 4.69) is 18.2 Å². The molecule has 0 radical (unpaired) electrons. The van der Waals surface area contributed by atoms with Gasteiger partial charge in [0, 0.05) is 5.92 Å². The van der Waals surface area contributed by atoms with Crippen molar-refractivity contribution in [2.24, 2.45) is 11.8 Å². The van der Waals surface area contributed by atoms with Gasteiger partial charge in [0.2, 0.25) is 0 Å². The lowest BCUT2D eigenvalue weighted by molar-refractivity contribution is -0.112.